The van der Waals surface area contributed by atoms with Crippen molar-refractivity contribution in [3.05, 3.63) is 60.6 Å². The summed E-state index contributed by atoms with van der Waals surface area (Å²) in [6, 6.07) is 11.7. The number of nitrogens with zero attached hydrogens (tertiary/aromatic N) is 5. The van der Waals surface area contributed by atoms with Crippen LogP contribution in [0.25, 0.3) is 44.5 Å². The summed E-state index contributed by atoms with van der Waals surface area (Å²) in [4.78, 5) is 40.6. The maximum absolute atomic E-state index is 13.2. The Labute approximate surface area is 257 Å². The van der Waals surface area contributed by atoms with Gasteiger partial charge in [-0.15, -0.1) is 0 Å². The SMILES string of the molecule is CCC(CCN(C)I)C(=O)Nc1cncc(-c2cnc3[nH]nc(-c4cc5c(C(=O)N6CCCC6)cccc5[nH]4)c3c2)c1. The fourth-order valence-electron chi connectivity index (χ4n) is 5.59. The first-order valence-electron chi connectivity index (χ1n) is 14.3. The van der Waals surface area contributed by atoms with Crippen molar-refractivity contribution in [1.82, 2.24) is 33.2 Å². The number of aromatic amines is 2. The third-order valence-electron chi connectivity index (χ3n) is 7.95. The van der Waals surface area contributed by atoms with Gasteiger partial charge < -0.3 is 15.2 Å². The van der Waals surface area contributed by atoms with E-state index in [0.717, 1.165) is 84.1 Å². The highest BCUT2D eigenvalue weighted by Gasteiger charge is 2.23. The maximum Gasteiger partial charge on any atom is 0.254 e. The molecule has 10 nitrogen and oxygen atoms in total. The number of carbonyl (C=O) groups is 2. The normalized spacial score (nSPS) is 14.2. The van der Waals surface area contributed by atoms with Gasteiger partial charge >= 0.3 is 0 Å². The Bertz CT molecular complexity index is 1750. The minimum atomic E-state index is -0.0696. The highest BCUT2D eigenvalue weighted by Crippen LogP contribution is 2.33. The number of halogens is 1. The first-order valence-corrected chi connectivity index (χ1v) is 15.3. The summed E-state index contributed by atoms with van der Waals surface area (Å²) in [6.45, 7) is 4.49. The predicted molar refractivity (Wildman–Crippen MR) is 173 cm³/mol. The van der Waals surface area contributed by atoms with E-state index in [4.69, 9.17) is 0 Å². The van der Waals surface area contributed by atoms with Crippen molar-refractivity contribution in [1.29, 1.82) is 0 Å². The van der Waals surface area contributed by atoms with Gasteiger partial charge in [-0.1, -0.05) is 13.0 Å². The number of aromatic nitrogens is 5. The number of hydrogen-bond acceptors (Lipinski definition) is 6. The molecular formula is C31H33IN8O2. The molecule has 216 valence electrons. The number of likely N-dealkylation sites (tertiary alicyclic amines) is 1. The van der Waals surface area contributed by atoms with E-state index in [2.05, 4.69) is 56.4 Å². The Hall–Kier alpha value is -3.84. The van der Waals surface area contributed by atoms with Crippen LogP contribution in [0.15, 0.2) is 55.0 Å². The molecule has 1 fully saturated rings. The van der Waals surface area contributed by atoms with Crippen molar-refractivity contribution in [2.45, 2.75) is 32.6 Å². The van der Waals surface area contributed by atoms with E-state index in [1.165, 1.54) is 0 Å². The lowest BCUT2D eigenvalue weighted by Gasteiger charge is -2.17. The summed E-state index contributed by atoms with van der Waals surface area (Å²) in [6.07, 6.45) is 8.87. The molecule has 11 heteroatoms. The van der Waals surface area contributed by atoms with Crippen molar-refractivity contribution in [3.63, 3.8) is 0 Å². The molecule has 1 atom stereocenters. The molecule has 1 aromatic carbocycles. The fourth-order valence-corrected chi connectivity index (χ4v) is 5.87. The quantitative estimate of drug-likeness (QED) is 0.129. The zero-order valence-electron chi connectivity index (χ0n) is 23.7. The van der Waals surface area contributed by atoms with Gasteiger partial charge in [-0.3, -0.25) is 22.8 Å². The Morgan fingerprint density at radius 2 is 1.90 bits per heavy atom. The van der Waals surface area contributed by atoms with Crippen molar-refractivity contribution in [2.24, 2.45) is 5.92 Å². The second-order valence-corrected chi connectivity index (χ2v) is 12.5. The molecule has 0 bridgehead atoms. The molecule has 0 radical (unpaired) electrons. The number of carbonyl (C=O) groups excluding carboxylic acids is 2. The van der Waals surface area contributed by atoms with Gasteiger partial charge in [0.25, 0.3) is 5.91 Å². The van der Waals surface area contributed by atoms with Gasteiger partial charge in [-0.05, 0) is 63.1 Å². The van der Waals surface area contributed by atoms with E-state index in [1.54, 1.807) is 18.6 Å². The molecule has 4 aromatic heterocycles. The average Bonchev–Trinajstić information content (AvgIpc) is 3.76. The zero-order chi connectivity index (χ0) is 29.2. The van der Waals surface area contributed by atoms with E-state index in [9.17, 15) is 9.59 Å². The number of benzene rings is 1. The molecule has 0 spiro atoms. The van der Waals surface area contributed by atoms with Gasteiger partial charge in [-0.25, -0.2) is 4.98 Å². The number of nitrogens with one attached hydrogen (secondary N) is 3. The summed E-state index contributed by atoms with van der Waals surface area (Å²) < 4.78 is 2.06. The van der Waals surface area contributed by atoms with Crippen LogP contribution >= 0.6 is 22.9 Å². The van der Waals surface area contributed by atoms with Crippen LogP contribution < -0.4 is 5.32 Å². The molecule has 1 saturated heterocycles. The van der Waals surface area contributed by atoms with Crippen LogP contribution in [0.2, 0.25) is 0 Å². The number of H-pyrrole nitrogens is 2. The average molecular weight is 677 g/mol. The molecule has 0 saturated carbocycles. The summed E-state index contributed by atoms with van der Waals surface area (Å²) >= 11 is 2.24. The highest BCUT2D eigenvalue weighted by atomic mass is 127. The lowest BCUT2D eigenvalue weighted by molar-refractivity contribution is -0.120. The summed E-state index contributed by atoms with van der Waals surface area (Å²) in [5.41, 5.74) is 6.11. The Balaban J connectivity index is 1.29. The molecule has 5 heterocycles. The van der Waals surface area contributed by atoms with Crippen molar-refractivity contribution in [3.8, 4) is 22.5 Å². The fraction of sp³-hybridized carbons (Fsp3) is 0.323. The van der Waals surface area contributed by atoms with Crippen LogP contribution in [0.4, 0.5) is 5.69 Å². The van der Waals surface area contributed by atoms with E-state index in [-0.39, 0.29) is 17.7 Å². The van der Waals surface area contributed by atoms with Crippen LogP contribution in [0.1, 0.15) is 43.0 Å². The third-order valence-corrected chi connectivity index (χ3v) is 8.43. The molecule has 2 amide bonds. The van der Waals surface area contributed by atoms with Crippen LogP contribution in [0.5, 0.6) is 0 Å². The monoisotopic (exact) mass is 676 g/mol. The second-order valence-electron chi connectivity index (χ2n) is 10.8. The van der Waals surface area contributed by atoms with Gasteiger partial charge in [0.1, 0.15) is 5.69 Å². The van der Waals surface area contributed by atoms with Crippen molar-refractivity contribution in [2.75, 3.05) is 32.0 Å². The summed E-state index contributed by atoms with van der Waals surface area (Å²) in [7, 11) is 2.00. The largest absolute Gasteiger partial charge is 0.353 e. The standard InChI is InChI=1S/C31H33IN8O2/c1-3-19(9-12-39(2)32)30(41)35-22-13-20(16-33-18-22)21-14-25-28(37-38-29(25)34-17-21)27-15-24-23(7-6-8-26(24)36-27)31(42)40-10-4-5-11-40/h6-8,13-19,36H,3-5,9-12H2,1-2H3,(H,35,41)(H,34,37,38). The van der Waals surface area contributed by atoms with Gasteiger partial charge in [0.05, 0.1) is 17.6 Å². The van der Waals surface area contributed by atoms with E-state index in [1.807, 2.05) is 55.3 Å². The molecule has 0 aliphatic carbocycles. The lowest BCUT2D eigenvalue weighted by Crippen LogP contribution is -2.27. The molecule has 1 aliphatic rings. The molecular weight excluding hydrogens is 643 g/mol. The zero-order valence-corrected chi connectivity index (χ0v) is 25.8. The Morgan fingerprint density at radius 1 is 1.10 bits per heavy atom. The van der Waals surface area contributed by atoms with Crippen molar-refractivity contribution < 1.29 is 9.59 Å². The Morgan fingerprint density at radius 3 is 2.69 bits per heavy atom. The molecule has 5 aromatic rings. The number of hydrogen-bond donors (Lipinski definition) is 3. The summed E-state index contributed by atoms with van der Waals surface area (Å²) in [5.74, 6) is 0.00296. The van der Waals surface area contributed by atoms with Gasteiger partial charge in [0.2, 0.25) is 5.91 Å². The van der Waals surface area contributed by atoms with Crippen molar-refractivity contribution >= 4 is 62.3 Å². The first kappa shape index (κ1) is 28.3. The van der Waals surface area contributed by atoms with Gasteiger partial charge in [-0.2, -0.15) is 5.10 Å². The number of anilines is 1. The van der Waals surface area contributed by atoms with Crippen LogP contribution in [-0.2, 0) is 4.79 Å². The molecule has 42 heavy (non-hydrogen) atoms. The van der Waals surface area contributed by atoms with Crippen LogP contribution in [-0.4, -0.2) is 71.7 Å². The smallest absolute Gasteiger partial charge is 0.254 e. The predicted octanol–water partition coefficient (Wildman–Crippen LogP) is 6.04. The molecule has 3 N–H and O–H groups in total. The van der Waals surface area contributed by atoms with Crippen LogP contribution in [0, 0.1) is 5.92 Å². The number of pyridine rings is 2. The Kier molecular flexibility index (Phi) is 8.20. The minimum Gasteiger partial charge on any atom is -0.353 e. The maximum atomic E-state index is 13.2. The number of rotatable bonds is 9. The van der Waals surface area contributed by atoms with Crippen LogP contribution in [0.3, 0.4) is 0 Å². The molecule has 6 rings (SSSR count). The van der Waals surface area contributed by atoms with E-state index in [0.29, 0.717) is 16.9 Å². The topological polar surface area (TPSA) is 123 Å². The van der Waals surface area contributed by atoms with Gasteiger partial charge in [0.15, 0.2) is 5.65 Å². The van der Waals surface area contributed by atoms with Gasteiger partial charge in [0, 0.05) is 93.8 Å². The lowest BCUT2D eigenvalue weighted by atomic mass is 10.0. The highest BCUT2D eigenvalue weighted by molar-refractivity contribution is 14.1. The molecule has 1 aliphatic heterocycles. The first-order chi connectivity index (χ1) is 20.4. The minimum absolute atomic E-state index is 0.00166. The second kappa shape index (κ2) is 12.2. The molecule has 1 unspecified atom stereocenters. The van der Waals surface area contributed by atoms with E-state index < -0.39 is 0 Å². The number of fused-ring (bicyclic) bond motifs is 2. The van der Waals surface area contributed by atoms with E-state index >= 15 is 0 Å². The summed E-state index contributed by atoms with van der Waals surface area (Å²) in [5, 5.41) is 12.4. The number of amides is 2. The third kappa shape index (κ3) is 5.75.